The maximum absolute atomic E-state index is 12.6. The minimum Gasteiger partial charge on any atom is -0.370 e. The Bertz CT molecular complexity index is 664. The molecule has 3 rings (SSSR count). The van der Waals surface area contributed by atoms with Crippen LogP contribution in [0, 0.1) is 0 Å². The summed E-state index contributed by atoms with van der Waals surface area (Å²) in [5, 5.41) is 6.32. The second-order valence-corrected chi connectivity index (χ2v) is 5.68. The van der Waals surface area contributed by atoms with E-state index in [1.807, 2.05) is 0 Å². The number of hydrogen-bond acceptors (Lipinski definition) is 3. The number of allylic oxidation sites excluding steroid dienone is 2. The van der Waals surface area contributed by atoms with Gasteiger partial charge in [-0.15, -0.1) is 0 Å². The number of halogens is 3. The van der Waals surface area contributed by atoms with Gasteiger partial charge in [-0.25, -0.2) is 0 Å². The molecule has 1 heterocycles. The third-order valence-corrected chi connectivity index (χ3v) is 4.05. The fourth-order valence-corrected chi connectivity index (χ4v) is 2.87. The molecule has 6 heteroatoms. The number of nitrogens with one attached hydrogen (secondary N) is 2. The minimum atomic E-state index is -4.34. The summed E-state index contributed by atoms with van der Waals surface area (Å²) in [4.78, 5) is 12.6. The third-order valence-electron chi connectivity index (χ3n) is 4.05. The van der Waals surface area contributed by atoms with Gasteiger partial charge in [-0.3, -0.25) is 4.79 Å². The fourth-order valence-electron chi connectivity index (χ4n) is 2.87. The molecule has 1 saturated carbocycles. The summed E-state index contributed by atoms with van der Waals surface area (Å²) < 4.78 is 37.7. The van der Waals surface area contributed by atoms with Crippen LogP contribution in [0.25, 0.3) is 6.08 Å². The second kappa shape index (κ2) is 6.10. The van der Waals surface area contributed by atoms with Gasteiger partial charge in [-0.1, -0.05) is 12.1 Å². The van der Waals surface area contributed by atoms with E-state index in [1.165, 1.54) is 12.1 Å². The summed E-state index contributed by atoms with van der Waals surface area (Å²) in [6.07, 6.45) is -0.420. The molecule has 1 aliphatic heterocycles. The summed E-state index contributed by atoms with van der Waals surface area (Å²) in [6.45, 7) is 1.59. The Balaban J connectivity index is 1.84. The van der Waals surface area contributed by atoms with E-state index in [9.17, 15) is 18.0 Å². The summed E-state index contributed by atoms with van der Waals surface area (Å²) >= 11 is 0. The van der Waals surface area contributed by atoms with Gasteiger partial charge in [0.1, 0.15) is 5.82 Å². The highest BCUT2D eigenvalue weighted by Crippen LogP contribution is 2.31. The lowest BCUT2D eigenvalue weighted by molar-refractivity contribution is -0.137. The van der Waals surface area contributed by atoms with Crippen molar-refractivity contribution in [3.05, 3.63) is 52.4 Å². The van der Waals surface area contributed by atoms with Crippen molar-refractivity contribution < 1.29 is 18.0 Å². The van der Waals surface area contributed by atoms with Gasteiger partial charge >= 0.3 is 6.18 Å². The zero-order chi connectivity index (χ0) is 16.4. The standard InChI is InChI=1S/C17H17F3N2O/c18-17(19,20)13-6-4-11(5-7-13)10-12-2-1-3-14(15(12)23)16-21-8-9-22-16/h4-7,10,21-22H,1-3,8-9H2/b12-10+. The lowest BCUT2D eigenvalue weighted by Gasteiger charge is -2.18. The fraction of sp³-hybridized carbons (Fsp3) is 0.353. The highest BCUT2D eigenvalue weighted by Gasteiger charge is 2.30. The van der Waals surface area contributed by atoms with Gasteiger partial charge in [0, 0.05) is 24.2 Å². The first kappa shape index (κ1) is 15.6. The summed E-state index contributed by atoms with van der Waals surface area (Å²) in [7, 11) is 0. The van der Waals surface area contributed by atoms with Gasteiger partial charge in [-0.2, -0.15) is 13.2 Å². The van der Waals surface area contributed by atoms with E-state index >= 15 is 0 Å². The van der Waals surface area contributed by atoms with Crippen LogP contribution in [0.1, 0.15) is 30.4 Å². The van der Waals surface area contributed by atoms with Crippen molar-refractivity contribution in [2.75, 3.05) is 13.1 Å². The molecule has 1 saturated heterocycles. The van der Waals surface area contributed by atoms with Crippen molar-refractivity contribution >= 4 is 11.9 Å². The number of rotatable bonds is 1. The van der Waals surface area contributed by atoms with Crippen molar-refractivity contribution in [3.63, 3.8) is 0 Å². The number of carbonyl (C=O) groups is 1. The largest absolute Gasteiger partial charge is 0.416 e. The Morgan fingerprint density at radius 2 is 1.65 bits per heavy atom. The average Bonchev–Trinajstić information content (AvgIpc) is 3.03. The van der Waals surface area contributed by atoms with Crippen LogP contribution >= 0.6 is 0 Å². The maximum Gasteiger partial charge on any atom is 0.416 e. The van der Waals surface area contributed by atoms with E-state index in [0.717, 1.165) is 49.5 Å². The smallest absolute Gasteiger partial charge is 0.370 e. The Labute approximate surface area is 132 Å². The molecule has 2 N–H and O–H groups in total. The van der Waals surface area contributed by atoms with Crippen LogP contribution in [0.15, 0.2) is 41.2 Å². The van der Waals surface area contributed by atoms with Gasteiger partial charge in [0.15, 0.2) is 5.78 Å². The number of Topliss-reactive ketones (excluding diaryl/α,β-unsaturated/α-hetero) is 1. The molecule has 1 aliphatic carbocycles. The second-order valence-electron chi connectivity index (χ2n) is 5.68. The normalized spacial score (nSPS) is 20.7. The van der Waals surface area contributed by atoms with Gasteiger partial charge in [0.05, 0.1) is 5.56 Å². The zero-order valence-electron chi connectivity index (χ0n) is 12.5. The van der Waals surface area contributed by atoms with Crippen LogP contribution in [-0.2, 0) is 11.0 Å². The van der Waals surface area contributed by atoms with Crippen LogP contribution in [-0.4, -0.2) is 18.9 Å². The Morgan fingerprint density at radius 3 is 2.26 bits per heavy atom. The highest BCUT2D eigenvalue weighted by atomic mass is 19.4. The van der Waals surface area contributed by atoms with E-state index in [4.69, 9.17) is 0 Å². The Hall–Kier alpha value is -2.24. The van der Waals surface area contributed by atoms with Crippen molar-refractivity contribution in [1.29, 1.82) is 0 Å². The molecular formula is C17H17F3N2O. The lowest BCUT2D eigenvalue weighted by atomic mass is 9.87. The van der Waals surface area contributed by atoms with Crippen molar-refractivity contribution in [1.82, 2.24) is 10.6 Å². The highest BCUT2D eigenvalue weighted by molar-refractivity contribution is 6.12. The zero-order valence-corrected chi connectivity index (χ0v) is 12.5. The summed E-state index contributed by atoms with van der Waals surface area (Å²) in [5.74, 6) is 0.779. The van der Waals surface area contributed by atoms with E-state index in [1.54, 1.807) is 6.08 Å². The number of alkyl halides is 3. The van der Waals surface area contributed by atoms with E-state index in [0.29, 0.717) is 17.6 Å². The molecule has 3 nitrogen and oxygen atoms in total. The monoisotopic (exact) mass is 322 g/mol. The molecule has 0 amide bonds. The van der Waals surface area contributed by atoms with Crippen LogP contribution in [0.4, 0.5) is 13.2 Å². The van der Waals surface area contributed by atoms with E-state index in [-0.39, 0.29) is 5.78 Å². The summed E-state index contributed by atoms with van der Waals surface area (Å²) in [5.41, 5.74) is 1.32. The van der Waals surface area contributed by atoms with Crippen molar-refractivity contribution in [2.45, 2.75) is 25.4 Å². The van der Waals surface area contributed by atoms with Gasteiger partial charge < -0.3 is 10.6 Å². The molecule has 1 aromatic carbocycles. The quantitative estimate of drug-likeness (QED) is 0.780. The minimum absolute atomic E-state index is 0.0203. The van der Waals surface area contributed by atoms with Crippen LogP contribution in [0.3, 0.4) is 0 Å². The molecule has 122 valence electrons. The number of hydrogen-bond donors (Lipinski definition) is 2. The van der Waals surface area contributed by atoms with Gasteiger partial charge in [0.25, 0.3) is 0 Å². The van der Waals surface area contributed by atoms with Gasteiger partial charge in [-0.05, 0) is 43.0 Å². The van der Waals surface area contributed by atoms with Crippen molar-refractivity contribution in [2.24, 2.45) is 0 Å². The maximum atomic E-state index is 12.6. The third kappa shape index (κ3) is 3.41. The first-order valence-electron chi connectivity index (χ1n) is 7.58. The first-order chi connectivity index (χ1) is 10.9. The summed E-state index contributed by atoms with van der Waals surface area (Å²) in [6, 6.07) is 4.88. The molecule has 0 unspecified atom stereocenters. The number of carbonyl (C=O) groups excluding carboxylic acids is 1. The van der Waals surface area contributed by atoms with Crippen molar-refractivity contribution in [3.8, 4) is 0 Å². The topological polar surface area (TPSA) is 41.1 Å². The van der Waals surface area contributed by atoms with Crippen LogP contribution in [0.5, 0.6) is 0 Å². The van der Waals surface area contributed by atoms with Crippen LogP contribution in [0.2, 0.25) is 0 Å². The van der Waals surface area contributed by atoms with Crippen LogP contribution < -0.4 is 10.6 Å². The first-order valence-corrected chi connectivity index (χ1v) is 7.58. The number of ketones is 1. The molecule has 0 bridgehead atoms. The van der Waals surface area contributed by atoms with Gasteiger partial charge in [0.2, 0.25) is 0 Å². The Kier molecular flexibility index (Phi) is 4.15. The SMILES string of the molecule is O=C1C(=C2NCCN2)CCC/C1=C\c1ccc(C(F)(F)F)cc1. The molecule has 2 aliphatic rings. The van der Waals surface area contributed by atoms with E-state index in [2.05, 4.69) is 10.6 Å². The number of benzene rings is 1. The lowest BCUT2D eigenvalue weighted by Crippen LogP contribution is -2.22. The molecule has 0 atom stereocenters. The molecule has 2 fully saturated rings. The molecule has 0 spiro atoms. The average molecular weight is 322 g/mol. The molecule has 0 aromatic heterocycles. The molecular weight excluding hydrogens is 305 g/mol. The molecule has 0 radical (unpaired) electrons. The Morgan fingerprint density at radius 1 is 1.00 bits per heavy atom. The predicted molar refractivity (Wildman–Crippen MR) is 81.3 cm³/mol. The molecule has 23 heavy (non-hydrogen) atoms. The molecule has 1 aromatic rings. The predicted octanol–water partition coefficient (Wildman–Crippen LogP) is 3.25. The van der Waals surface area contributed by atoms with E-state index < -0.39 is 11.7 Å².